The van der Waals surface area contributed by atoms with Crippen molar-refractivity contribution in [2.45, 2.75) is 33.1 Å². The lowest BCUT2D eigenvalue weighted by Crippen LogP contribution is -2.37. The van der Waals surface area contributed by atoms with Crippen LogP contribution in [0.3, 0.4) is 0 Å². The van der Waals surface area contributed by atoms with Crippen molar-refractivity contribution in [2.24, 2.45) is 0 Å². The third-order valence-corrected chi connectivity index (χ3v) is 3.07. The summed E-state index contributed by atoms with van der Waals surface area (Å²) in [6.45, 7) is 9.04. The van der Waals surface area contributed by atoms with Gasteiger partial charge in [-0.05, 0) is 31.0 Å². The molecule has 0 aromatic heterocycles. The van der Waals surface area contributed by atoms with Gasteiger partial charge in [0.15, 0.2) is 0 Å². The topological polar surface area (TPSA) is 55.4 Å². The molecule has 104 valence electrons. The van der Waals surface area contributed by atoms with Crippen molar-refractivity contribution in [2.75, 3.05) is 13.2 Å². The molecule has 0 bridgehead atoms. The molecule has 0 aliphatic heterocycles. The first-order valence-corrected chi connectivity index (χ1v) is 6.37. The minimum absolute atomic E-state index is 0.242. The predicted molar refractivity (Wildman–Crippen MR) is 74.4 cm³/mol. The first-order chi connectivity index (χ1) is 8.90. The van der Waals surface area contributed by atoms with Crippen molar-refractivity contribution < 1.29 is 14.3 Å². The zero-order chi connectivity index (χ0) is 14.5. The van der Waals surface area contributed by atoms with Crippen molar-refractivity contribution >= 4 is 12.2 Å². The number of carbonyl (C=O) groups is 2. The van der Waals surface area contributed by atoms with Crippen LogP contribution in [0.1, 0.15) is 31.9 Å². The summed E-state index contributed by atoms with van der Waals surface area (Å²) in [5.74, 6) is 0.287. The predicted octanol–water partition coefficient (Wildman–Crippen LogP) is 1.99. The molecule has 1 amide bonds. The minimum atomic E-state index is -0.587. The molecule has 0 saturated heterocycles. The molecule has 0 spiro atoms. The van der Waals surface area contributed by atoms with E-state index in [2.05, 4.69) is 11.4 Å². The van der Waals surface area contributed by atoms with E-state index in [1.807, 2.05) is 39.8 Å². The van der Waals surface area contributed by atoms with Crippen LogP contribution >= 0.6 is 0 Å². The zero-order valence-corrected chi connectivity index (χ0v) is 11.9. The molecule has 1 rings (SSSR count). The number of hydrogen-bond acceptors (Lipinski definition) is 3. The number of rotatable bonds is 6. The van der Waals surface area contributed by atoms with E-state index in [4.69, 9.17) is 4.74 Å². The monoisotopic (exact) mass is 263 g/mol. The van der Waals surface area contributed by atoms with Crippen molar-refractivity contribution in [3.63, 3.8) is 0 Å². The van der Waals surface area contributed by atoms with Gasteiger partial charge in [-0.15, -0.1) is 0 Å². The quantitative estimate of drug-likeness (QED) is 0.631. The Hall–Kier alpha value is -1.84. The first kappa shape index (κ1) is 15.2. The Bertz CT molecular complexity index is 466. The summed E-state index contributed by atoms with van der Waals surface area (Å²) in [4.78, 5) is 21.3. The van der Waals surface area contributed by atoms with Gasteiger partial charge < -0.3 is 10.1 Å². The number of carbonyl (C=O) groups excluding carboxylic acids is 2. The molecule has 0 radical (unpaired) electrons. The second-order valence-corrected chi connectivity index (χ2v) is 5.13. The summed E-state index contributed by atoms with van der Waals surface area (Å²) in [7, 11) is 0. The molecular formula is C15H21NO3. The Labute approximate surface area is 114 Å². The lowest BCUT2D eigenvalue weighted by Gasteiger charge is -2.26. The molecular weight excluding hydrogens is 242 g/mol. The van der Waals surface area contributed by atoms with E-state index < -0.39 is 5.91 Å². The van der Waals surface area contributed by atoms with Gasteiger partial charge in [-0.2, -0.15) is 0 Å². The molecule has 1 aromatic rings. The molecule has 0 atom stereocenters. The molecule has 0 aliphatic carbocycles. The number of benzene rings is 1. The lowest BCUT2D eigenvalue weighted by atomic mass is 9.83. The summed E-state index contributed by atoms with van der Waals surface area (Å²) >= 11 is 0. The highest BCUT2D eigenvalue weighted by Gasteiger charge is 2.22. The molecule has 1 aromatic carbocycles. The summed E-state index contributed by atoms with van der Waals surface area (Å²) in [6, 6.07) is 5.99. The second kappa shape index (κ2) is 6.36. The summed E-state index contributed by atoms with van der Waals surface area (Å²) < 4.78 is 5.50. The van der Waals surface area contributed by atoms with E-state index in [1.54, 1.807) is 0 Å². The fraction of sp³-hybridized carbons (Fsp3) is 0.467. The smallest absolute Gasteiger partial charge is 0.284 e. The molecule has 0 unspecified atom stereocenters. The normalized spacial score (nSPS) is 10.9. The van der Waals surface area contributed by atoms with E-state index in [-0.39, 0.29) is 5.41 Å². The molecule has 19 heavy (non-hydrogen) atoms. The second-order valence-electron chi connectivity index (χ2n) is 5.13. The molecule has 4 nitrogen and oxygen atoms in total. The van der Waals surface area contributed by atoms with E-state index in [1.165, 1.54) is 0 Å². The maximum absolute atomic E-state index is 11.0. The van der Waals surface area contributed by atoms with Gasteiger partial charge in [0.2, 0.25) is 6.29 Å². The summed E-state index contributed by atoms with van der Waals surface area (Å²) in [6.07, 6.45) is 0.291. The van der Waals surface area contributed by atoms with Crippen LogP contribution in [0.2, 0.25) is 0 Å². The Morgan fingerprint density at radius 1 is 1.42 bits per heavy atom. The molecule has 4 heteroatoms. The van der Waals surface area contributed by atoms with Crippen molar-refractivity contribution in [1.82, 2.24) is 5.32 Å². The average molecular weight is 263 g/mol. The number of ether oxygens (including phenoxy) is 1. The number of aryl methyl sites for hydroxylation is 1. The van der Waals surface area contributed by atoms with E-state index in [9.17, 15) is 9.59 Å². The SMILES string of the molecule is CCOc1ccc(C(C)(C)CNC(=O)C=O)cc1C. The summed E-state index contributed by atoms with van der Waals surface area (Å²) in [5.41, 5.74) is 1.92. The Morgan fingerprint density at radius 2 is 2.11 bits per heavy atom. The minimum Gasteiger partial charge on any atom is -0.494 e. The third kappa shape index (κ3) is 4.09. The maximum Gasteiger partial charge on any atom is 0.284 e. The molecule has 0 aliphatic rings. The fourth-order valence-electron chi connectivity index (χ4n) is 1.84. The average Bonchev–Trinajstić information content (AvgIpc) is 2.38. The van der Waals surface area contributed by atoms with Gasteiger partial charge in [-0.3, -0.25) is 9.59 Å². The number of amides is 1. The maximum atomic E-state index is 11.0. The van der Waals surface area contributed by atoms with E-state index in [0.717, 1.165) is 16.9 Å². The van der Waals surface area contributed by atoms with Crippen LogP contribution in [0.4, 0.5) is 0 Å². The third-order valence-electron chi connectivity index (χ3n) is 3.07. The zero-order valence-electron chi connectivity index (χ0n) is 11.9. The van der Waals surface area contributed by atoms with Crippen molar-refractivity contribution in [3.8, 4) is 5.75 Å². The fourth-order valence-corrected chi connectivity index (χ4v) is 1.84. The Balaban J connectivity index is 2.85. The number of aldehydes is 1. The molecule has 0 heterocycles. The summed E-state index contributed by atoms with van der Waals surface area (Å²) in [5, 5.41) is 2.59. The molecule has 0 saturated carbocycles. The van der Waals surface area contributed by atoms with E-state index in [0.29, 0.717) is 19.4 Å². The number of hydrogen-bond donors (Lipinski definition) is 1. The van der Waals surface area contributed by atoms with Crippen LogP contribution < -0.4 is 10.1 Å². The lowest BCUT2D eigenvalue weighted by molar-refractivity contribution is -0.131. The van der Waals surface area contributed by atoms with E-state index >= 15 is 0 Å². The molecule has 1 N–H and O–H groups in total. The largest absolute Gasteiger partial charge is 0.494 e. The Kier molecular flexibility index (Phi) is 5.10. The number of nitrogens with one attached hydrogen (secondary N) is 1. The molecule has 0 fully saturated rings. The van der Waals surface area contributed by atoms with Crippen molar-refractivity contribution in [3.05, 3.63) is 29.3 Å². The Morgan fingerprint density at radius 3 is 2.63 bits per heavy atom. The van der Waals surface area contributed by atoms with Gasteiger partial charge in [0.25, 0.3) is 5.91 Å². The first-order valence-electron chi connectivity index (χ1n) is 6.37. The highest BCUT2D eigenvalue weighted by atomic mass is 16.5. The van der Waals surface area contributed by atoms with Gasteiger partial charge >= 0.3 is 0 Å². The van der Waals surface area contributed by atoms with Crippen LogP contribution in [-0.2, 0) is 15.0 Å². The van der Waals surface area contributed by atoms with Crippen LogP contribution in [0.25, 0.3) is 0 Å². The van der Waals surface area contributed by atoms with Crippen LogP contribution in [0.15, 0.2) is 18.2 Å². The van der Waals surface area contributed by atoms with Crippen molar-refractivity contribution in [1.29, 1.82) is 0 Å². The van der Waals surface area contributed by atoms with Crippen LogP contribution in [0, 0.1) is 6.92 Å². The van der Waals surface area contributed by atoms with Gasteiger partial charge in [0, 0.05) is 12.0 Å². The van der Waals surface area contributed by atoms with Crippen LogP contribution in [-0.4, -0.2) is 25.3 Å². The highest BCUT2D eigenvalue weighted by molar-refractivity contribution is 6.23. The highest BCUT2D eigenvalue weighted by Crippen LogP contribution is 2.27. The van der Waals surface area contributed by atoms with Gasteiger partial charge in [0.1, 0.15) is 5.75 Å². The van der Waals surface area contributed by atoms with Gasteiger partial charge in [-0.25, -0.2) is 0 Å². The van der Waals surface area contributed by atoms with Gasteiger partial charge in [0.05, 0.1) is 6.61 Å². The standard InChI is InChI=1S/C15H21NO3/c1-5-19-13-7-6-12(8-11(13)2)15(3,4)10-16-14(18)9-17/h6-9H,5,10H2,1-4H3,(H,16,18). The van der Waals surface area contributed by atoms with Gasteiger partial charge in [-0.1, -0.05) is 26.0 Å². The van der Waals surface area contributed by atoms with Crippen LogP contribution in [0.5, 0.6) is 5.75 Å².